The molecule has 154 valence electrons. The third kappa shape index (κ3) is 6.32. The smallest absolute Gasteiger partial charge is 0.277 e. The van der Waals surface area contributed by atoms with Crippen LogP contribution in [0.15, 0.2) is 47.6 Å². The number of nitrogens with one attached hydrogen (secondary N) is 2. The van der Waals surface area contributed by atoms with Crippen molar-refractivity contribution in [2.24, 2.45) is 5.10 Å². The Morgan fingerprint density at radius 2 is 1.97 bits per heavy atom. The second-order valence-electron chi connectivity index (χ2n) is 7.67. The fourth-order valence-electron chi connectivity index (χ4n) is 3.55. The molecule has 1 amide bonds. The van der Waals surface area contributed by atoms with Crippen molar-refractivity contribution in [3.63, 3.8) is 0 Å². The summed E-state index contributed by atoms with van der Waals surface area (Å²) >= 11 is 0. The molecule has 29 heavy (non-hydrogen) atoms. The third-order valence-electron chi connectivity index (χ3n) is 5.21. The molecule has 2 aromatic rings. The molecule has 3 rings (SSSR count). The number of phenolic OH excluding ortho intramolecular Hbond substituents is 1. The Morgan fingerprint density at radius 3 is 2.72 bits per heavy atom. The highest BCUT2D eigenvalue weighted by Gasteiger charge is 2.16. The van der Waals surface area contributed by atoms with E-state index in [2.05, 4.69) is 10.5 Å². The first-order chi connectivity index (χ1) is 14.0. The summed E-state index contributed by atoms with van der Waals surface area (Å²) in [6.45, 7) is 6.81. The Kier molecular flexibility index (Phi) is 7.25. The number of piperidine rings is 1. The zero-order valence-corrected chi connectivity index (χ0v) is 17.2. The Balaban J connectivity index is 1.57. The van der Waals surface area contributed by atoms with Gasteiger partial charge in [0.15, 0.2) is 6.61 Å². The van der Waals surface area contributed by atoms with Gasteiger partial charge >= 0.3 is 0 Å². The summed E-state index contributed by atoms with van der Waals surface area (Å²) in [4.78, 5) is 13.5. The van der Waals surface area contributed by atoms with E-state index in [-0.39, 0.29) is 12.5 Å². The van der Waals surface area contributed by atoms with Crippen LogP contribution in [-0.2, 0) is 11.3 Å². The predicted octanol–water partition coefficient (Wildman–Crippen LogP) is 2.19. The molecule has 0 atom stereocenters. The maximum atomic E-state index is 12.0. The number of hydrazone groups is 1. The van der Waals surface area contributed by atoms with E-state index in [1.54, 1.807) is 6.07 Å². The normalized spacial score (nSPS) is 15.2. The van der Waals surface area contributed by atoms with Crippen LogP contribution in [0, 0.1) is 6.92 Å². The fraction of sp³-hybridized carbons (Fsp3) is 0.391. The van der Waals surface area contributed by atoms with Crippen molar-refractivity contribution in [3.8, 4) is 11.5 Å². The van der Waals surface area contributed by atoms with Gasteiger partial charge in [-0.3, -0.25) is 4.79 Å². The molecular formula is C23H30N3O3+. The molecule has 0 aliphatic carbocycles. The van der Waals surface area contributed by atoms with E-state index in [1.807, 2.05) is 50.2 Å². The van der Waals surface area contributed by atoms with Gasteiger partial charge in [-0.2, -0.15) is 5.10 Å². The average molecular weight is 397 g/mol. The van der Waals surface area contributed by atoms with Crippen LogP contribution in [0.3, 0.4) is 0 Å². The predicted molar refractivity (Wildman–Crippen MR) is 113 cm³/mol. The summed E-state index contributed by atoms with van der Waals surface area (Å²) in [5.41, 5.74) is 6.10. The number of hydrogen-bond donors (Lipinski definition) is 3. The lowest BCUT2D eigenvalue weighted by Crippen LogP contribution is -3.11. The quantitative estimate of drug-likeness (QED) is 0.496. The standard InChI is InChI=1S/C23H29N3O3/c1-17-7-6-8-21(13-17)29-16-23(28)25-24-18(2)19-9-10-22(27)20(14-19)15-26-11-4-3-5-12-26/h6-10,13-14,27H,3-5,11-12,15-16H2,1-2H3,(H,25,28)/p+1/b24-18+. The summed E-state index contributed by atoms with van der Waals surface area (Å²) in [6.07, 6.45) is 3.79. The van der Waals surface area contributed by atoms with Crippen LogP contribution in [-0.4, -0.2) is 36.4 Å². The number of nitrogens with zero attached hydrogens (tertiary/aromatic N) is 1. The monoisotopic (exact) mass is 396 g/mol. The maximum absolute atomic E-state index is 12.0. The molecular weight excluding hydrogens is 366 g/mol. The first-order valence-electron chi connectivity index (χ1n) is 10.2. The van der Waals surface area contributed by atoms with E-state index < -0.39 is 0 Å². The van der Waals surface area contributed by atoms with Gasteiger partial charge < -0.3 is 14.7 Å². The van der Waals surface area contributed by atoms with Gasteiger partial charge in [0, 0.05) is 5.56 Å². The minimum Gasteiger partial charge on any atom is -0.507 e. The van der Waals surface area contributed by atoms with E-state index >= 15 is 0 Å². The number of carbonyl (C=O) groups excluding carboxylic acids is 1. The van der Waals surface area contributed by atoms with Crippen LogP contribution in [0.2, 0.25) is 0 Å². The van der Waals surface area contributed by atoms with Crippen LogP contribution in [0.25, 0.3) is 0 Å². The van der Waals surface area contributed by atoms with Gasteiger partial charge in [-0.25, -0.2) is 5.43 Å². The number of quaternary nitrogens is 1. The number of likely N-dealkylation sites (tertiary alicyclic amines) is 1. The highest BCUT2D eigenvalue weighted by Crippen LogP contribution is 2.18. The topological polar surface area (TPSA) is 75.4 Å². The van der Waals surface area contributed by atoms with Crippen molar-refractivity contribution in [2.45, 2.75) is 39.7 Å². The fourth-order valence-corrected chi connectivity index (χ4v) is 3.55. The van der Waals surface area contributed by atoms with E-state index in [0.29, 0.717) is 17.2 Å². The number of ether oxygens (including phenoxy) is 1. The Hall–Kier alpha value is -2.86. The van der Waals surface area contributed by atoms with Crippen LogP contribution < -0.4 is 15.1 Å². The average Bonchev–Trinajstić information content (AvgIpc) is 2.73. The molecule has 0 aromatic heterocycles. The molecule has 3 N–H and O–H groups in total. The Bertz CT molecular complexity index is 873. The number of carbonyl (C=O) groups is 1. The lowest BCUT2D eigenvalue weighted by Gasteiger charge is -2.24. The molecule has 2 aromatic carbocycles. The molecule has 0 radical (unpaired) electrons. The zero-order chi connectivity index (χ0) is 20.6. The molecule has 6 nitrogen and oxygen atoms in total. The van der Waals surface area contributed by atoms with Crippen LogP contribution in [0.1, 0.15) is 42.9 Å². The molecule has 1 aliphatic rings. The number of amides is 1. The molecule has 1 aliphatic heterocycles. The summed E-state index contributed by atoms with van der Waals surface area (Å²) in [5, 5.41) is 14.4. The third-order valence-corrected chi connectivity index (χ3v) is 5.21. The van der Waals surface area contributed by atoms with Crippen LogP contribution in [0.4, 0.5) is 0 Å². The van der Waals surface area contributed by atoms with Gasteiger partial charge in [-0.1, -0.05) is 12.1 Å². The number of rotatable bonds is 7. The zero-order valence-electron chi connectivity index (χ0n) is 17.2. The molecule has 0 spiro atoms. The molecule has 6 heteroatoms. The highest BCUT2D eigenvalue weighted by molar-refractivity contribution is 5.99. The van der Waals surface area contributed by atoms with Gasteiger partial charge in [-0.15, -0.1) is 0 Å². The first kappa shape index (κ1) is 20.9. The van der Waals surface area contributed by atoms with Crippen LogP contribution in [0.5, 0.6) is 11.5 Å². The van der Waals surface area contributed by atoms with E-state index in [4.69, 9.17) is 4.74 Å². The van der Waals surface area contributed by atoms with Crippen molar-refractivity contribution < 1.29 is 19.5 Å². The second-order valence-corrected chi connectivity index (χ2v) is 7.67. The van der Waals surface area contributed by atoms with Gasteiger partial charge in [0.05, 0.1) is 18.8 Å². The van der Waals surface area contributed by atoms with E-state index in [0.717, 1.165) is 36.3 Å². The van der Waals surface area contributed by atoms with Gasteiger partial charge in [0.2, 0.25) is 0 Å². The summed E-state index contributed by atoms with van der Waals surface area (Å²) in [5.74, 6) is 0.655. The molecule has 1 heterocycles. The molecule has 0 unspecified atom stereocenters. The Morgan fingerprint density at radius 1 is 1.17 bits per heavy atom. The summed E-state index contributed by atoms with van der Waals surface area (Å²) in [6, 6.07) is 13.0. The number of phenols is 1. The SMILES string of the molecule is C/C(=N\NC(=O)COc1cccc(C)c1)c1ccc(O)c(C[NH+]2CCCCC2)c1. The van der Waals surface area contributed by atoms with Gasteiger partial charge in [-0.05, 0) is 74.6 Å². The second kappa shape index (κ2) is 10.1. The largest absolute Gasteiger partial charge is 0.507 e. The minimum absolute atomic E-state index is 0.0978. The van der Waals surface area contributed by atoms with Crippen molar-refractivity contribution in [2.75, 3.05) is 19.7 Å². The number of aryl methyl sites for hydroxylation is 1. The van der Waals surface area contributed by atoms with E-state index in [1.165, 1.54) is 24.2 Å². The van der Waals surface area contributed by atoms with Crippen molar-refractivity contribution >= 4 is 11.6 Å². The lowest BCUT2D eigenvalue weighted by molar-refractivity contribution is -0.918. The highest BCUT2D eigenvalue weighted by atomic mass is 16.5. The molecule has 1 saturated heterocycles. The summed E-state index contributed by atoms with van der Waals surface area (Å²) in [7, 11) is 0. The Labute approximate surface area is 172 Å². The number of benzene rings is 2. The molecule has 1 fully saturated rings. The van der Waals surface area contributed by atoms with Gasteiger partial charge in [0.1, 0.15) is 18.0 Å². The number of hydrogen-bond acceptors (Lipinski definition) is 4. The van der Waals surface area contributed by atoms with Crippen molar-refractivity contribution in [3.05, 3.63) is 59.2 Å². The first-order valence-corrected chi connectivity index (χ1v) is 10.2. The molecule has 0 bridgehead atoms. The van der Waals surface area contributed by atoms with Crippen molar-refractivity contribution in [1.82, 2.24) is 5.43 Å². The van der Waals surface area contributed by atoms with Crippen LogP contribution >= 0.6 is 0 Å². The molecule has 0 saturated carbocycles. The maximum Gasteiger partial charge on any atom is 0.277 e. The minimum atomic E-state index is -0.317. The summed E-state index contributed by atoms with van der Waals surface area (Å²) < 4.78 is 5.49. The van der Waals surface area contributed by atoms with Gasteiger partial charge in [0.25, 0.3) is 5.91 Å². The van der Waals surface area contributed by atoms with E-state index in [9.17, 15) is 9.90 Å². The van der Waals surface area contributed by atoms with Crippen molar-refractivity contribution in [1.29, 1.82) is 0 Å². The lowest BCUT2D eigenvalue weighted by atomic mass is 10.0. The number of aromatic hydroxyl groups is 1.